The molecule has 6 heteroatoms. The van der Waals surface area contributed by atoms with Crippen molar-refractivity contribution in [3.8, 4) is 0 Å². The Morgan fingerprint density at radius 1 is 1.12 bits per heavy atom. The van der Waals surface area contributed by atoms with Gasteiger partial charge in [0.2, 0.25) is 5.95 Å². The number of anilines is 1. The summed E-state index contributed by atoms with van der Waals surface area (Å²) in [6.45, 7) is 4.41. The van der Waals surface area contributed by atoms with Crippen LogP contribution in [0.25, 0.3) is 0 Å². The van der Waals surface area contributed by atoms with Crippen molar-refractivity contribution in [3.05, 3.63) is 52.8 Å². The number of benzene rings is 1. The Kier molecular flexibility index (Phi) is 6.09. The number of carbonyl (C=O) groups excluding carboxylic acids is 1. The van der Waals surface area contributed by atoms with Gasteiger partial charge in [-0.25, -0.2) is 9.97 Å². The number of amides is 1. The lowest BCUT2D eigenvalue weighted by Crippen LogP contribution is -2.35. The molecule has 1 aromatic heterocycles. The Bertz CT molecular complexity index is 725. The lowest BCUT2D eigenvalue weighted by molar-refractivity contribution is 0.0940. The first-order valence-corrected chi connectivity index (χ1v) is 8.31. The molecule has 0 aliphatic heterocycles. The van der Waals surface area contributed by atoms with E-state index < -0.39 is 0 Å². The van der Waals surface area contributed by atoms with Gasteiger partial charge in [0.15, 0.2) is 0 Å². The highest BCUT2D eigenvalue weighted by molar-refractivity contribution is 5.95. The molecule has 2 aromatic rings. The molecule has 0 radical (unpaired) electrons. The summed E-state index contributed by atoms with van der Waals surface area (Å²) in [5.41, 5.74) is 3.57. The van der Waals surface area contributed by atoms with E-state index >= 15 is 0 Å². The molecule has 1 aromatic carbocycles. The molecule has 0 spiro atoms. The lowest BCUT2D eigenvalue weighted by Gasteiger charge is -2.25. The van der Waals surface area contributed by atoms with Crippen LogP contribution in [0.1, 0.15) is 33.2 Å². The van der Waals surface area contributed by atoms with Crippen molar-refractivity contribution < 1.29 is 4.79 Å². The van der Waals surface area contributed by atoms with Crippen molar-refractivity contribution in [3.63, 3.8) is 0 Å². The number of likely N-dealkylation sites (N-methyl/N-ethyl adjacent to an activating group) is 1. The van der Waals surface area contributed by atoms with Crippen LogP contribution in [0.5, 0.6) is 0 Å². The van der Waals surface area contributed by atoms with E-state index in [1.807, 2.05) is 40.0 Å². The topological polar surface area (TPSA) is 61.4 Å². The summed E-state index contributed by atoms with van der Waals surface area (Å²) >= 11 is 0. The first kappa shape index (κ1) is 18.9. The number of carbonyl (C=O) groups is 1. The molecule has 1 N–H and O–H groups in total. The van der Waals surface area contributed by atoms with Gasteiger partial charge in [0.25, 0.3) is 5.91 Å². The van der Waals surface area contributed by atoms with E-state index in [0.717, 1.165) is 0 Å². The second kappa shape index (κ2) is 8.07. The number of hydrogen-bond acceptors (Lipinski definition) is 5. The number of hydrogen-bond donors (Lipinski definition) is 1. The molecule has 0 saturated heterocycles. The fourth-order valence-corrected chi connectivity index (χ4v) is 2.56. The normalized spacial score (nSPS) is 12.1. The van der Waals surface area contributed by atoms with Crippen LogP contribution < -0.4 is 10.2 Å². The summed E-state index contributed by atoms with van der Waals surface area (Å²) in [4.78, 5) is 25.1. The second-order valence-electron chi connectivity index (χ2n) is 6.66. The second-order valence-corrected chi connectivity index (χ2v) is 6.66. The number of aromatic nitrogens is 2. The van der Waals surface area contributed by atoms with Crippen molar-refractivity contribution in [1.29, 1.82) is 0 Å². The Morgan fingerprint density at radius 3 is 2.28 bits per heavy atom. The van der Waals surface area contributed by atoms with E-state index in [2.05, 4.69) is 51.4 Å². The molecular weight excluding hydrogens is 314 g/mol. The van der Waals surface area contributed by atoms with Crippen molar-refractivity contribution in [2.75, 3.05) is 39.6 Å². The number of rotatable bonds is 6. The zero-order valence-electron chi connectivity index (χ0n) is 15.9. The zero-order chi connectivity index (χ0) is 18.6. The molecule has 0 aliphatic carbocycles. The van der Waals surface area contributed by atoms with E-state index in [9.17, 15) is 4.79 Å². The molecule has 1 atom stereocenters. The predicted molar refractivity (Wildman–Crippen MR) is 101 cm³/mol. The molecular formula is C19H27N5O. The van der Waals surface area contributed by atoms with E-state index in [1.54, 1.807) is 6.20 Å². The van der Waals surface area contributed by atoms with E-state index in [1.165, 1.54) is 11.1 Å². The highest BCUT2D eigenvalue weighted by atomic mass is 16.1. The van der Waals surface area contributed by atoms with Gasteiger partial charge in [-0.3, -0.25) is 4.79 Å². The minimum absolute atomic E-state index is 0.104. The summed E-state index contributed by atoms with van der Waals surface area (Å²) in [7, 11) is 7.77. The van der Waals surface area contributed by atoms with Crippen LogP contribution in [0.2, 0.25) is 0 Å². The third kappa shape index (κ3) is 4.76. The van der Waals surface area contributed by atoms with Crippen molar-refractivity contribution >= 4 is 11.9 Å². The number of nitrogens with one attached hydrogen (secondary N) is 1. The van der Waals surface area contributed by atoms with Gasteiger partial charge in [-0.1, -0.05) is 29.8 Å². The Hall–Kier alpha value is -2.47. The molecule has 0 aliphatic rings. The van der Waals surface area contributed by atoms with Gasteiger partial charge in [0.05, 0.1) is 17.3 Å². The van der Waals surface area contributed by atoms with Crippen LogP contribution in [-0.2, 0) is 0 Å². The molecule has 2 rings (SSSR count). The van der Waals surface area contributed by atoms with Crippen LogP contribution in [0.3, 0.4) is 0 Å². The minimum atomic E-state index is -0.151. The standard InChI is InChI=1S/C19H27N5O/c1-13-7-9-15(10-8-13)17(23(3)4)12-20-18(25)16-11-21-19(24(5)6)22-14(16)2/h7-11,17H,12H2,1-6H3,(H,20,25)/t17-/m1/s1. The van der Waals surface area contributed by atoms with Gasteiger partial charge in [0, 0.05) is 26.8 Å². The molecule has 0 bridgehead atoms. The Labute approximate surface area is 149 Å². The van der Waals surface area contributed by atoms with Gasteiger partial charge in [-0.05, 0) is 33.5 Å². The van der Waals surface area contributed by atoms with Crippen molar-refractivity contribution in [1.82, 2.24) is 20.2 Å². The maximum Gasteiger partial charge on any atom is 0.254 e. The fourth-order valence-electron chi connectivity index (χ4n) is 2.56. The average Bonchev–Trinajstić information content (AvgIpc) is 2.55. The zero-order valence-corrected chi connectivity index (χ0v) is 15.9. The average molecular weight is 341 g/mol. The monoisotopic (exact) mass is 341 g/mol. The Morgan fingerprint density at radius 2 is 1.76 bits per heavy atom. The maximum absolute atomic E-state index is 12.5. The molecule has 1 amide bonds. The van der Waals surface area contributed by atoms with Gasteiger partial charge in [-0.15, -0.1) is 0 Å². The van der Waals surface area contributed by atoms with Crippen molar-refractivity contribution in [2.45, 2.75) is 19.9 Å². The fraction of sp³-hybridized carbons (Fsp3) is 0.421. The largest absolute Gasteiger partial charge is 0.350 e. The predicted octanol–water partition coefficient (Wildman–Crippen LogP) is 2.19. The molecule has 6 nitrogen and oxygen atoms in total. The van der Waals surface area contributed by atoms with Gasteiger partial charge >= 0.3 is 0 Å². The molecule has 0 saturated carbocycles. The maximum atomic E-state index is 12.5. The highest BCUT2D eigenvalue weighted by Crippen LogP contribution is 2.18. The minimum Gasteiger partial charge on any atom is -0.350 e. The number of aryl methyl sites for hydroxylation is 2. The molecule has 134 valence electrons. The van der Waals surface area contributed by atoms with Gasteiger partial charge in [-0.2, -0.15) is 0 Å². The van der Waals surface area contributed by atoms with E-state index in [-0.39, 0.29) is 11.9 Å². The highest BCUT2D eigenvalue weighted by Gasteiger charge is 2.17. The molecule has 0 unspecified atom stereocenters. The summed E-state index contributed by atoms with van der Waals surface area (Å²) in [5.74, 6) is 0.446. The third-order valence-corrected chi connectivity index (χ3v) is 4.15. The van der Waals surface area contributed by atoms with E-state index in [4.69, 9.17) is 0 Å². The Balaban J connectivity index is 2.10. The summed E-state index contributed by atoms with van der Waals surface area (Å²) < 4.78 is 0. The molecule has 1 heterocycles. The van der Waals surface area contributed by atoms with Gasteiger partial charge in [0.1, 0.15) is 0 Å². The van der Waals surface area contributed by atoms with Crippen LogP contribution in [0.4, 0.5) is 5.95 Å². The third-order valence-electron chi connectivity index (χ3n) is 4.15. The number of nitrogens with zero attached hydrogens (tertiary/aromatic N) is 4. The van der Waals surface area contributed by atoms with Gasteiger partial charge < -0.3 is 15.1 Å². The molecule has 0 fully saturated rings. The first-order valence-electron chi connectivity index (χ1n) is 8.31. The molecule has 25 heavy (non-hydrogen) atoms. The van der Waals surface area contributed by atoms with Crippen molar-refractivity contribution in [2.24, 2.45) is 0 Å². The first-order chi connectivity index (χ1) is 11.8. The van der Waals surface area contributed by atoms with Crippen LogP contribution in [0.15, 0.2) is 30.5 Å². The van der Waals surface area contributed by atoms with Crippen LogP contribution >= 0.6 is 0 Å². The smallest absolute Gasteiger partial charge is 0.254 e. The van der Waals surface area contributed by atoms with Crippen LogP contribution in [0, 0.1) is 13.8 Å². The van der Waals surface area contributed by atoms with Crippen LogP contribution in [-0.4, -0.2) is 55.5 Å². The quantitative estimate of drug-likeness (QED) is 0.873. The lowest BCUT2D eigenvalue weighted by atomic mass is 10.0. The SMILES string of the molecule is Cc1ccc([C@@H](CNC(=O)c2cnc(N(C)C)nc2C)N(C)C)cc1. The van der Waals surface area contributed by atoms with E-state index in [0.29, 0.717) is 23.8 Å². The summed E-state index contributed by atoms with van der Waals surface area (Å²) in [6.07, 6.45) is 1.59. The summed E-state index contributed by atoms with van der Waals surface area (Å²) in [6, 6.07) is 8.49. The summed E-state index contributed by atoms with van der Waals surface area (Å²) in [5, 5.41) is 3.01.